The first kappa shape index (κ1) is 41.2. The van der Waals surface area contributed by atoms with Gasteiger partial charge in [-0.3, -0.25) is 0 Å². The molecule has 0 unspecified atom stereocenters. The number of aromatic nitrogens is 2. The van der Waals surface area contributed by atoms with E-state index in [0.29, 0.717) is 12.1 Å². The molecule has 15 nitrogen and oxygen atoms in total. The minimum Gasteiger partial charge on any atom is -0.744 e. The third-order valence-corrected chi connectivity index (χ3v) is 8.43. The van der Waals surface area contributed by atoms with Crippen molar-refractivity contribution in [1.82, 2.24) is 9.97 Å². The van der Waals surface area contributed by atoms with Crippen molar-refractivity contribution in [2.24, 2.45) is 10.2 Å². The van der Waals surface area contributed by atoms with Crippen LogP contribution in [0.3, 0.4) is 0 Å². The molecule has 0 spiro atoms. The Labute approximate surface area is 320 Å². The number of benzene rings is 3. The number of nitrogens with one attached hydrogen (secondary N) is 1. The van der Waals surface area contributed by atoms with Crippen LogP contribution in [0.25, 0.3) is 10.8 Å². The van der Waals surface area contributed by atoms with Crippen molar-refractivity contribution in [3.05, 3.63) is 59.3 Å². The molecule has 1 aromatic heterocycles. The predicted molar refractivity (Wildman–Crippen MR) is 135 cm³/mol. The van der Waals surface area contributed by atoms with Crippen molar-refractivity contribution in [2.45, 2.75) is 21.6 Å². The molecular formula is C21H12ClFN5Na3O10S3. The van der Waals surface area contributed by atoms with Gasteiger partial charge in [0.05, 0.1) is 31.5 Å². The van der Waals surface area contributed by atoms with Gasteiger partial charge in [0.25, 0.3) is 0 Å². The zero-order valence-electron chi connectivity index (χ0n) is 22.9. The standard InChI is InChI=1S/C21H15ClFN5O10S3.3Na/c1-9-17(22)20(26-21(23)24-9)25-12-6-7-13(39(30,31)32)10-8-15(41(36,37)38)18(19(29)16(10)12)28-27-11-4-2-3-5-14(11)40(33,34)35;;;/h2-8,29H,1H3,(H,24,25,26)(H,30,31,32)(H,33,34,35)(H,36,37,38);;;/q;3*+1/p-3. The Morgan fingerprint density at radius 1 is 0.841 bits per heavy atom. The van der Waals surface area contributed by atoms with Crippen LogP contribution in [0.5, 0.6) is 5.75 Å². The smallest absolute Gasteiger partial charge is 0.744 e. The van der Waals surface area contributed by atoms with E-state index in [-0.39, 0.29) is 105 Å². The summed E-state index contributed by atoms with van der Waals surface area (Å²) in [6.45, 7) is 1.32. The van der Waals surface area contributed by atoms with Crippen LogP contribution < -0.4 is 94.0 Å². The van der Waals surface area contributed by atoms with Crippen molar-refractivity contribution in [3.8, 4) is 5.75 Å². The summed E-state index contributed by atoms with van der Waals surface area (Å²) >= 11 is 6.10. The summed E-state index contributed by atoms with van der Waals surface area (Å²) in [6, 6.07) is 6.34. The average Bonchev–Trinajstić information content (AvgIpc) is 2.84. The fraction of sp³-hybridized carbons (Fsp3) is 0.0476. The molecule has 0 aliphatic rings. The van der Waals surface area contributed by atoms with E-state index in [1.54, 1.807) is 0 Å². The molecule has 0 aliphatic carbocycles. The first-order chi connectivity index (χ1) is 18.9. The van der Waals surface area contributed by atoms with E-state index in [9.17, 15) is 48.4 Å². The Balaban J connectivity index is 0.00000323. The van der Waals surface area contributed by atoms with E-state index >= 15 is 0 Å². The van der Waals surface area contributed by atoms with Crippen LogP contribution in [-0.4, -0.2) is 54.0 Å². The fourth-order valence-electron chi connectivity index (χ4n) is 3.63. The summed E-state index contributed by atoms with van der Waals surface area (Å²) in [6.07, 6.45) is -1.23. The maximum atomic E-state index is 13.9. The molecule has 4 rings (SSSR count). The third-order valence-electron chi connectivity index (χ3n) is 5.35. The largest absolute Gasteiger partial charge is 1.00 e. The van der Waals surface area contributed by atoms with Crippen LogP contribution in [0.15, 0.2) is 67.4 Å². The van der Waals surface area contributed by atoms with Gasteiger partial charge in [0.2, 0.25) is 0 Å². The average molecular weight is 714 g/mol. The van der Waals surface area contributed by atoms with Crippen LogP contribution in [0, 0.1) is 13.0 Å². The molecule has 0 radical (unpaired) electrons. The maximum absolute atomic E-state index is 13.9. The first-order valence-corrected chi connectivity index (χ1v) is 15.2. The van der Waals surface area contributed by atoms with Gasteiger partial charge in [-0.2, -0.15) is 9.37 Å². The van der Waals surface area contributed by atoms with Crippen LogP contribution in [0.4, 0.5) is 27.3 Å². The molecule has 0 atom stereocenters. The molecule has 0 amide bonds. The number of phenols is 1. The fourth-order valence-corrected chi connectivity index (χ4v) is 5.68. The van der Waals surface area contributed by atoms with Crippen molar-refractivity contribution in [1.29, 1.82) is 0 Å². The summed E-state index contributed by atoms with van der Waals surface area (Å²) in [5, 5.41) is 19.0. The van der Waals surface area contributed by atoms with Crippen molar-refractivity contribution in [3.63, 3.8) is 0 Å². The summed E-state index contributed by atoms with van der Waals surface area (Å²) in [7, 11) is -16.1. The molecular weight excluding hydrogens is 702 g/mol. The van der Waals surface area contributed by atoms with E-state index in [2.05, 4.69) is 25.5 Å². The molecule has 1 heterocycles. The predicted octanol–water partition coefficient (Wildman–Crippen LogP) is -5.68. The van der Waals surface area contributed by atoms with Gasteiger partial charge in [-0.15, -0.1) is 10.2 Å². The van der Waals surface area contributed by atoms with E-state index in [0.717, 1.165) is 18.2 Å². The van der Waals surface area contributed by atoms with Gasteiger partial charge >= 0.3 is 94.8 Å². The van der Waals surface area contributed by atoms with E-state index in [1.807, 2.05) is 0 Å². The summed E-state index contributed by atoms with van der Waals surface area (Å²) in [5.41, 5.74) is -2.09. The number of phenolic OH excluding ortho intramolecular Hbond substituents is 1. The summed E-state index contributed by atoms with van der Waals surface area (Å²) < 4.78 is 121. The molecule has 3 aromatic carbocycles. The Morgan fingerprint density at radius 3 is 1.98 bits per heavy atom. The van der Waals surface area contributed by atoms with E-state index in [1.165, 1.54) is 19.1 Å². The minimum absolute atomic E-state index is 0. The van der Waals surface area contributed by atoms with E-state index in [4.69, 9.17) is 11.6 Å². The molecule has 2 N–H and O–H groups in total. The third kappa shape index (κ3) is 8.94. The van der Waals surface area contributed by atoms with Gasteiger partial charge in [0, 0.05) is 5.39 Å². The van der Waals surface area contributed by atoms with Gasteiger partial charge in [-0.05, 0) is 37.3 Å². The molecule has 23 heteroatoms. The number of aromatic hydroxyl groups is 1. The number of anilines is 2. The van der Waals surface area contributed by atoms with Gasteiger partial charge in [0.15, 0.2) is 11.6 Å². The molecule has 0 saturated carbocycles. The van der Waals surface area contributed by atoms with Gasteiger partial charge in [-0.25, -0.2) is 30.2 Å². The van der Waals surface area contributed by atoms with E-state index < -0.39 is 84.8 Å². The Hall–Kier alpha value is -0.850. The second-order valence-electron chi connectivity index (χ2n) is 8.00. The van der Waals surface area contributed by atoms with Crippen LogP contribution in [-0.2, 0) is 30.4 Å². The number of fused-ring (bicyclic) bond motifs is 1. The second-order valence-corrected chi connectivity index (χ2v) is 12.4. The maximum Gasteiger partial charge on any atom is 1.00 e. The Morgan fingerprint density at radius 2 is 1.41 bits per heavy atom. The number of halogens is 2. The number of aryl methyl sites for hydroxylation is 1. The molecule has 0 bridgehead atoms. The van der Waals surface area contributed by atoms with Crippen LogP contribution in [0.1, 0.15) is 5.69 Å². The SMILES string of the molecule is Cc1nc(F)nc(Nc2ccc(S(=O)(=O)[O-])c3cc(S(=O)(=O)[O-])c(N=Nc4ccccc4S(=O)(=O)[O-])c(O)c23)c1Cl.[Na+].[Na+].[Na+]. The summed E-state index contributed by atoms with van der Waals surface area (Å²) in [4.78, 5) is 3.57. The van der Waals surface area contributed by atoms with Crippen molar-refractivity contribution < 1.29 is 137 Å². The van der Waals surface area contributed by atoms with Crippen LogP contribution in [0.2, 0.25) is 5.02 Å². The van der Waals surface area contributed by atoms with Crippen molar-refractivity contribution >= 4 is 75.6 Å². The molecule has 4 aromatic rings. The second kappa shape index (κ2) is 15.4. The quantitative estimate of drug-likeness (QED) is 0.0785. The minimum atomic E-state index is -5.59. The first-order valence-electron chi connectivity index (χ1n) is 10.6. The zero-order chi connectivity index (χ0) is 30.5. The number of hydrogen-bond donors (Lipinski definition) is 2. The normalized spacial score (nSPS) is 11.9. The molecule has 0 saturated heterocycles. The zero-order valence-corrected chi connectivity index (χ0v) is 32.1. The Kier molecular flexibility index (Phi) is 14.4. The summed E-state index contributed by atoms with van der Waals surface area (Å²) in [5.74, 6) is -1.63. The number of rotatable bonds is 7. The van der Waals surface area contributed by atoms with Gasteiger partial charge < -0.3 is 24.1 Å². The number of nitrogens with zero attached hydrogens (tertiary/aromatic N) is 4. The molecule has 0 fully saturated rings. The Bertz CT molecular complexity index is 2120. The van der Waals surface area contributed by atoms with Gasteiger partial charge in [-0.1, -0.05) is 23.7 Å². The molecule has 216 valence electrons. The monoisotopic (exact) mass is 713 g/mol. The van der Waals surface area contributed by atoms with Crippen LogP contribution >= 0.6 is 11.6 Å². The number of azo groups is 1. The number of hydrogen-bond acceptors (Lipinski definition) is 15. The topological polar surface area (TPSA) is 254 Å². The van der Waals surface area contributed by atoms with Crippen molar-refractivity contribution in [2.75, 3.05) is 5.32 Å². The molecule has 0 aliphatic heterocycles. The van der Waals surface area contributed by atoms with Gasteiger partial charge in [0.1, 0.15) is 46.8 Å². The molecule has 44 heavy (non-hydrogen) atoms.